The average molecular weight is 431 g/mol. The topological polar surface area (TPSA) is 70.4 Å². The van der Waals surface area contributed by atoms with E-state index in [1.807, 2.05) is 41.8 Å². The van der Waals surface area contributed by atoms with Crippen LogP contribution in [0.4, 0.5) is 0 Å². The lowest BCUT2D eigenvalue weighted by molar-refractivity contribution is -0.137. The lowest BCUT2D eigenvalue weighted by Crippen LogP contribution is -2.37. The Morgan fingerprint density at radius 1 is 1.38 bits per heavy atom. The highest BCUT2D eigenvalue weighted by atomic mass is 32.2. The van der Waals surface area contributed by atoms with Gasteiger partial charge in [-0.3, -0.25) is 14.2 Å². The molecule has 8 heteroatoms. The highest BCUT2D eigenvalue weighted by Gasteiger charge is 2.33. The SMILES string of the molecule is CCC1(C)Cc2c(sc3c(nc(SCC(=O)OC)n3-c3ccccc3)c2=O)CO1. The van der Waals surface area contributed by atoms with Crippen molar-refractivity contribution in [2.75, 3.05) is 12.9 Å². The number of fused-ring (bicyclic) bond motifs is 2. The van der Waals surface area contributed by atoms with Crippen molar-refractivity contribution in [3.05, 3.63) is 51.0 Å². The van der Waals surface area contributed by atoms with Crippen LogP contribution >= 0.6 is 23.1 Å². The van der Waals surface area contributed by atoms with Crippen LogP contribution in [-0.4, -0.2) is 34.0 Å². The lowest BCUT2D eigenvalue weighted by atomic mass is 9.91. The molecule has 1 aromatic carbocycles. The molecular weight excluding hydrogens is 408 g/mol. The summed E-state index contributed by atoms with van der Waals surface area (Å²) in [5, 5.41) is 0.603. The number of carbonyl (C=O) groups excluding carboxylic acids is 1. The highest BCUT2D eigenvalue weighted by molar-refractivity contribution is 7.99. The van der Waals surface area contributed by atoms with Crippen LogP contribution in [0.3, 0.4) is 0 Å². The van der Waals surface area contributed by atoms with Crippen molar-refractivity contribution in [2.24, 2.45) is 0 Å². The zero-order valence-corrected chi connectivity index (χ0v) is 18.2. The van der Waals surface area contributed by atoms with Crippen molar-refractivity contribution < 1.29 is 14.3 Å². The molecule has 1 unspecified atom stereocenters. The minimum Gasteiger partial charge on any atom is -0.468 e. The van der Waals surface area contributed by atoms with E-state index in [4.69, 9.17) is 9.47 Å². The monoisotopic (exact) mass is 430 g/mol. The van der Waals surface area contributed by atoms with Crippen LogP contribution in [0.1, 0.15) is 30.7 Å². The molecule has 1 atom stereocenters. The summed E-state index contributed by atoms with van der Waals surface area (Å²) in [5.41, 5.74) is 1.79. The number of hydrogen-bond donors (Lipinski definition) is 0. The summed E-state index contributed by atoms with van der Waals surface area (Å²) in [4.78, 5) is 31.4. The van der Waals surface area contributed by atoms with Crippen LogP contribution in [0.5, 0.6) is 0 Å². The molecule has 0 bridgehead atoms. The molecule has 0 radical (unpaired) electrons. The van der Waals surface area contributed by atoms with Gasteiger partial charge >= 0.3 is 5.97 Å². The molecule has 3 heterocycles. The lowest BCUT2D eigenvalue weighted by Gasteiger charge is -2.33. The number of para-hydroxylation sites is 1. The molecule has 0 fully saturated rings. The molecule has 0 aliphatic carbocycles. The first kappa shape index (κ1) is 20.1. The number of nitrogens with zero attached hydrogens (tertiary/aromatic N) is 2. The molecule has 1 aliphatic rings. The fourth-order valence-electron chi connectivity index (χ4n) is 3.35. The number of benzene rings is 1. The summed E-state index contributed by atoms with van der Waals surface area (Å²) in [7, 11) is 1.36. The van der Waals surface area contributed by atoms with Gasteiger partial charge in [0.1, 0.15) is 10.3 Å². The van der Waals surface area contributed by atoms with Gasteiger partial charge in [-0.25, -0.2) is 4.98 Å². The van der Waals surface area contributed by atoms with Gasteiger partial charge < -0.3 is 9.47 Å². The second-order valence-corrected chi connectivity index (χ2v) is 9.21. The Bertz CT molecular complexity index is 1120. The number of carbonyl (C=O) groups is 1. The molecule has 4 rings (SSSR count). The number of hydrogen-bond acceptors (Lipinski definition) is 7. The Morgan fingerprint density at radius 3 is 2.83 bits per heavy atom. The third kappa shape index (κ3) is 3.72. The van der Waals surface area contributed by atoms with E-state index < -0.39 is 0 Å². The first-order chi connectivity index (χ1) is 14.0. The summed E-state index contributed by atoms with van der Waals surface area (Å²) in [5.74, 6) is -0.207. The van der Waals surface area contributed by atoms with E-state index in [1.165, 1.54) is 18.9 Å². The van der Waals surface area contributed by atoms with Crippen LogP contribution < -0.4 is 5.43 Å². The van der Waals surface area contributed by atoms with Gasteiger partial charge in [-0.05, 0) is 25.5 Å². The number of methoxy groups -OCH3 is 1. The standard InChI is InChI=1S/C21H22N2O4S2/c1-4-21(2)10-14-15(11-27-21)29-19-17(18(14)25)22-20(28-12-16(24)26-3)23(19)13-8-6-5-7-9-13/h5-9H,4,10-12H2,1-3H3. The van der Waals surface area contributed by atoms with E-state index in [2.05, 4.69) is 11.9 Å². The highest BCUT2D eigenvalue weighted by Crippen LogP contribution is 2.36. The largest absolute Gasteiger partial charge is 0.468 e. The smallest absolute Gasteiger partial charge is 0.316 e. The molecule has 2 aromatic heterocycles. The molecule has 1 aliphatic heterocycles. The van der Waals surface area contributed by atoms with E-state index in [-0.39, 0.29) is 22.8 Å². The Morgan fingerprint density at radius 2 is 2.14 bits per heavy atom. The number of ether oxygens (including phenoxy) is 2. The van der Waals surface area contributed by atoms with Crippen molar-refractivity contribution in [2.45, 2.75) is 44.1 Å². The summed E-state index contributed by atoms with van der Waals surface area (Å²) >= 11 is 2.81. The number of thioether (sulfide) groups is 1. The number of imidazole rings is 1. The van der Waals surface area contributed by atoms with Crippen LogP contribution in [0.25, 0.3) is 16.0 Å². The Hall–Kier alpha value is -2.16. The van der Waals surface area contributed by atoms with Gasteiger partial charge in [-0.1, -0.05) is 36.9 Å². The van der Waals surface area contributed by atoms with Crippen molar-refractivity contribution in [3.63, 3.8) is 0 Å². The van der Waals surface area contributed by atoms with Crippen molar-refractivity contribution in [3.8, 4) is 5.69 Å². The van der Waals surface area contributed by atoms with Crippen molar-refractivity contribution in [1.29, 1.82) is 0 Å². The maximum atomic E-state index is 13.3. The fourth-order valence-corrected chi connectivity index (χ4v) is 5.41. The van der Waals surface area contributed by atoms with E-state index in [9.17, 15) is 9.59 Å². The molecule has 3 aromatic rings. The van der Waals surface area contributed by atoms with Crippen LogP contribution in [0, 0.1) is 0 Å². The van der Waals surface area contributed by atoms with Crippen LogP contribution in [0.2, 0.25) is 0 Å². The number of rotatable bonds is 5. The Balaban J connectivity index is 1.90. The maximum Gasteiger partial charge on any atom is 0.316 e. The van der Waals surface area contributed by atoms with Crippen LogP contribution in [0.15, 0.2) is 40.3 Å². The number of esters is 1. The van der Waals surface area contributed by atoms with Crippen LogP contribution in [-0.2, 0) is 27.3 Å². The zero-order valence-electron chi connectivity index (χ0n) is 16.6. The quantitative estimate of drug-likeness (QED) is 0.451. The first-order valence-electron chi connectivity index (χ1n) is 9.42. The summed E-state index contributed by atoms with van der Waals surface area (Å²) < 4.78 is 12.8. The molecule has 0 saturated carbocycles. The molecule has 0 saturated heterocycles. The maximum absolute atomic E-state index is 13.3. The number of aromatic nitrogens is 2. The Kier molecular flexibility index (Phi) is 5.50. The molecule has 0 spiro atoms. The van der Waals surface area contributed by atoms with E-state index >= 15 is 0 Å². The second kappa shape index (κ2) is 7.93. The molecule has 0 amide bonds. The molecular formula is C21H22N2O4S2. The van der Waals surface area contributed by atoms with E-state index in [0.29, 0.717) is 23.7 Å². The molecule has 6 nitrogen and oxygen atoms in total. The predicted octanol–water partition coefficient (Wildman–Crippen LogP) is 3.95. The fraction of sp³-hybridized carbons (Fsp3) is 0.381. The minimum atomic E-state index is -0.334. The van der Waals surface area contributed by atoms with Gasteiger partial charge in [0.25, 0.3) is 0 Å². The van der Waals surface area contributed by atoms with Crippen molar-refractivity contribution in [1.82, 2.24) is 9.55 Å². The zero-order chi connectivity index (χ0) is 20.6. The second-order valence-electron chi connectivity index (χ2n) is 7.19. The van der Waals surface area contributed by atoms with Gasteiger partial charge in [0.2, 0.25) is 5.43 Å². The van der Waals surface area contributed by atoms with Gasteiger partial charge in [0.15, 0.2) is 5.16 Å². The average Bonchev–Trinajstić information content (AvgIpc) is 3.12. The first-order valence-corrected chi connectivity index (χ1v) is 11.2. The third-order valence-corrected chi connectivity index (χ3v) is 7.35. The normalized spacial score (nSPS) is 18.6. The third-order valence-electron chi connectivity index (χ3n) is 5.26. The van der Waals surface area contributed by atoms with E-state index in [1.54, 1.807) is 11.3 Å². The predicted molar refractivity (Wildman–Crippen MR) is 115 cm³/mol. The van der Waals surface area contributed by atoms with Gasteiger partial charge in [-0.2, -0.15) is 0 Å². The Labute approximate surface area is 176 Å². The minimum absolute atomic E-state index is 0.0358. The summed E-state index contributed by atoms with van der Waals surface area (Å²) in [6.45, 7) is 4.55. The summed E-state index contributed by atoms with van der Waals surface area (Å²) in [6.07, 6.45) is 1.43. The van der Waals surface area contributed by atoms with Gasteiger partial charge in [-0.15, -0.1) is 11.3 Å². The van der Waals surface area contributed by atoms with Gasteiger partial charge in [0, 0.05) is 22.5 Å². The van der Waals surface area contributed by atoms with Crippen molar-refractivity contribution >= 4 is 39.4 Å². The molecule has 0 N–H and O–H groups in total. The summed E-state index contributed by atoms with van der Waals surface area (Å²) in [6, 6.07) is 9.74. The molecule has 29 heavy (non-hydrogen) atoms. The van der Waals surface area contributed by atoms with E-state index in [0.717, 1.165) is 27.4 Å². The molecule has 152 valence electrons. The van der Waals surface area contributed by atoms with Gasteiger partial charge in [0.05, 0.1) is 25.1 Å².